The fraction of sp³-hybridized carbons (Fsp3) is 0.778. The molecule has 1 saturated heterocycles. The lowest BCUT2D eigenvalue weighted by atomic mass is 10.1. The van der Waals surface area contributed by atoms with Crippen molar-refractivity contribution < 1.29 is 23.1 Å². The normalized spacial score (nSPS) is 20.9. The molecule has 1 atom stereocenters. The van der Waals surface area contributed by atoms with E-state index in [0.717, 1.165) is 4.31 Å². The monoisotopic (exact) mass is 294 g/mol. The number of hydrogen-bond acceptors (Lipinski definition) is 4. The van der Waals surface area contributed by atoms with E-state index in [1.165, 1.54) is 0 Å². The summed E-state index contributed by atoms with van der Waals surface area (Å²) in [6.07, 6.45) is 1.62. The number of piperidine rings is 1. The second-order valence-electron chi connectivity index (χ2n) is 4.15. The zero-order valence-electron chi connectivity index (χ0n) is 10.3. The summed E-state index contributed by atoms with van der Waals surface area (Å²) in [5, 5.41) is 11.2. The van der Waals surface area contributed by atoms with Crippen LogP contribution in [0.25, 0.3) is 0 Å². The third-order valence-electron chi connectivity index (χ3n) is 2.76. The van der Waals surface area contributed by atoms with Crippen LogP contribution in [-0.4, -0.2) is 55.5 Å². The molecule has 5 N–H and O–H groups in total. The van der Waals surface area contributed by atoms with Crippen LogP contribution in [0.4, 0.5) is 4.79 Å². The summed E-state index contributed by atoms with van der Waals surface area (Å²) in [6.45, 7) is 0.170. The number of carbonyl (C=O) groups is 2. The van der Waals surface area contributed by atoms with Crippen LogP contribution in [0.2, 0.25) is 0 Å². The molecule has 1 fully saturated rings. The van der Waals surface area contributed by atoms with Gasteiger partial charge in [-0.1, -0.05) is 0 Å². The highest BCUT2D eigenvalue weighted by atomic mass is 32.2. The summed E-state index contributed by atoms with van der Waals surface area (Å²) in [7, 11) is -3.87. The van der Waals surface area contributed by atoms with Crippen LogP contribution in [-0.2, 0) is 15.0 Å². The van der Waals surface area contributed by atoms with Gasteiger partial charge in [0.1, 0.15) is 6.04 Å². The van der Waals surface area contributed by atoms with E-state index in [1.54, 1.807) is 0 Å². The van der Waals surface area contributed by atoms with Crippen LogP contribution >= 0.6 is 0 Å². The van der Waals surface area contributed by atoms with Crippen LogP contribution in [0.5, 0.6) is 0 Å². The summed E-state index contributed by atoms with van der Waals surface area (Å²) < 4.78 is 27.1. The van der Waals surface area contributed by atoms with Crippen molar-refractivity contribution in [1.29, 1.82) is 0 Å². The Hall–Kier alpha value is -1.39. The molecule has 19 heavy (non-hydrogen) atoms. The van der Waals surface area contributed by atoms with Gasteiger partial charge in [-0.25, -0.2) is 9.52 Å². The number of nitrogens with two attached hydrogens (primary N) is 1. The summed E-state index contributed by atoms with van der Waals surface area (Å²) >= 11 is 0. The lowest BCUT2D eigenvalue weighted by Gasteiger charge is -2.31. The van der Waals surface area contributed by atoms with E-state index in [4.69, 9.17) is 10.8 Å². The van der Waals surface area contributed by atoms with Gasteiger partial charge in [0, 0.05) is 19.6 Å². The highest BCUT2D eigenvalue weighted by Crippen LogP contribution is 2.19. The van der Waals surface area contributed by atoms with E-state index < -0.39 is 28.3 Å². The van der Waals surface area contributed by atoms with Crippen molar-refractivity contribution >= 4 is 22.2 Å². The summed E-state index contributed by atoms with van der Waals surface area (Å²) in [4.78, 5) is 21.4. The molecule has 0 bridgehead atoms. The predicted octanol–water partition coefficient (Wildman–Crippen LogP) is -1.57. The van der Waals surface area contributed by atoms with Crippen molar-refractivity contribution in [2.24, 2.45) is 5.73 Å². The molecule has 0 radical (unpaired) electrons. The molecule has 0 aromatic rings. The molecule has 1 aliphatic heterocycles. The molecule has 1 rings (SSSR count). The molecule has 2 amide bonds. The van der Waals surface area contributed by atoms with Gasteiger partial charge in [0.25, 0.3) is 10.2 Å². The first-order chi connectivity index (χ1) is 8.84. The smallest absolute Gasteiger partial charge is 0.322 e. The SMILES string of the molecule is NC(=O)NCCNS(=O)(=O)N1CCCCC1C(=O)O. The van der Waals surface area contributed by atoms with Gasteiger partial charge in [0.05, 0.1) is 0 Å². The number of carbonyl (C=O) groups excluding carboxylic acids is 1. The van der Waals surface area contributed by atoms with E-state index in [9.17, 15) is 18.0 Å². The van der Waals surface area contributed by atoms with E-state index in [-0.39, 0.29) is 19.6 Å². The fourth-order valence-corrected chi connectivity index (χ4v) is 3.31. The largest absolute Gasteiger partial charge is 0.480 e. The lowest BCUT2D eigenvalue weighted by Crippen LogP contribution is -2.53. The fourth-order valence-electron chi connectivity index (χ4n) is 1.89. The first kappa shape index (κ1) is 15.7. The number of rotatable bonds is 6. The molecule has 1 heterocycles. The van der Waals surface area contributed by atoms with Gasteiger partial charge in [-0.15, -0.1) is 0 Å². The van der Waals surface area contributed by atoms with E-state index in [1.807, 2.05) is 0 Å². The molecule has 0 saturated carbocycles. The molecule has 110 valence electrons. The zero-order chi connectivity index (χ0) is 14.5. The Bertz CT molecular complexity index is 438. The Balaban J connectivity index is 2.59. The Kier molecular flexibility index (Phi) is 5.51. The molecule has 10 heteroatoms. The van der Waals surface area contributed by atoms with Gasteiger partial charge in [-0.05, 0) is 19.3 Å². The van der Waals surface area contributed by atoms with Crippen LogP contribution in [0.1, 0.15) is 19.3 Å². The minimum Gasteiger partial charge on any atom is -0.480 e. The lowest BCUT2D eigenvalue weighted by molar-refractivity contribution is -0.142. The molecule has 0 aromatic carbocycles. The highest BCUT2D eigenvalue weighted by molar-refractivity contribution is 7.87. The maximum atomic E-state index is 12.0. The first-order valence-corrected chi connectivity index (χ1v) is 7.31. The number of amides is 2. The maximum absolute atomic E-state index is 12.0. The van der Waals surface area contributed by atoms with Gasteiger partial charge in [-0.3, -0.25) is 4.79 Å². The van der Waals surface area contributed by atoms with Crippen molar-refractivity contribution in [1.82, 2.24) is 14.3 Å². The van der Waals surface area contributed by atoms with Crippen LogP contribution in [0.3, 0.4) is 0 Å². The number of urea groups is 1. The minimum absolute atomic E-state index is 0.0418. The quantitative estimate of drug-likeness (QED) is 0.438. The summed E-state index contributed by atoms with van der Waals surface area (Å²) in [5.41, 5.74) is 4.83. The molecular weight excluding hydrogens is 276 g/mol. The van der Waals surface area contributed by atoms with Gasteiger partial charge >= 0.3 is 12.0 Å². The van der Waals surface area contributed by atoms with Gasteiger partial charge in [-0.2, -0.15) is 12.7 Å². The molecule has 1 aliphatic rings. The third kappa shape index (κ3) is 4.65. The van der Waals surface area contributed by atoms with Crippen molar-refractivity contribution in [2.45, 2.75) is 25.3 Å². The first-order valence-electron chi connectivity index (χ1n) is 5.87. The number of carboxylic acid groups (broad SMARTS) is 1. The van der Waals surface area contributed by atoms with Crippen LogP contribution < -0.4 is 15.8 Å². The highest BCUT2D eigenvalue weighted by Gasteiger charge is 2.36. The molecule has 9 nitrogen and oxygen atoms in total. The number of carboxylic acids is 1. The summed E-state index contributed by atoms with van der Waals surface area (Å²) in [5.74, 6) is -1.15. The molecular formula is C9H18N4O5S. The Morgan fingerprint density at radius 2 is 2.00 bits per heavy atom. The second kappa shape index (κ2) is 6.68. The minimum atomic E-state index is -3.87. The van der Waals surface area contributed by atoms with Crippen molar-refractivity contribution in [3.8, 4) is 0 Å². The predicted molar refractivity (Wildman–Crippen MR) is 66.5 cm³/mol. The number of aliphatic carboxylic acids is 1. The van der Waals surface area contributed by atoms with Crippen molar-refractivity contribution in [3.05, 3.63) is 0 Å². The van der Waals surface area contributed by atoms with E-state index >= 15 is 0 Å². The van der Waals surface area contributed by atoms with E-state index in [0.29, 0.717) is 19.3 Å². The van der Waals surface area contributed by atoms with Gasteiger partial charge in [0.15, 0.2) is 0 Å². The average Bonchev–Trinajstić information content (AvgIpc) is 2.34. The Labute approximate surface area is 111 Å². The third-order valence-corrected chi connectivity index (χ3v) is 4.38. The van der Waals surface area contributed by atoms with Crippen molar-refractivity contribution in [2.75, 3.05) is 19.6 Å². The van der Waals surface area contributed by atoms with Crippen LogP contribution in [0, 0.1) is 0 Å². The topological polar surface area (TPSA) is 142 Å². The number of nitrogens with zero attached hydrogens (tertiary/aromatic N) is 1. The number of hydrogen-bond donors (Lipinski definition) is 4. The number of primary amides is 1. The number of nitrogens with one attached hydrogen (secondary N) is 2. The maximum Gasteiger partial charge on any atom is 0.322 e. The molecule has 0 aromatic heterocycles. The Morgan fingerprint density at radius 1 is 1.32 bits per heavy atom. The molecule has 0 aliphatic carbocycles. The second-order valence-corrected chi connectivity index (χ2v) is 5.86. The van der Waals surface area contributed by atoms with Crippen molar-refractivity contribution in [3.63, 3.8) is 0 Å². The average molecular weight is 294 g/mol. The molecule has 1 unspecified atom stereocenters. The van der Waals surface area contributed by atoms with Gasteiger partial charge in [0.2, 0.25) is 0 Å². The van der Waals surface area contributed by atoms with Gasteiger partial charge < -0.3 is 16.2 Å². The molecule has 0 spiro atoms. The zero-order valence-corrected chi connectivity index (χ0v) is 11.1. The standard InChI is InChI=1S/C9H18N4O5S/c10-9(16)11-4-5-12-19(17,18)13-6-2-1-3-7(13)8(14)15/h7,12H,1-6H2,(H,14,15)(H3,10,11,16). The van der Waals surface area contributed by atoms with E-state index in [2.05, 4.69) is 10.0 Å². The van der Waals surface area contributed by atoms with Crippen LogP contribution in [0.15, 0.2) is 0 Å². The Morgan fingerprint density at radius 3 is 2.58 bits per heavy atom. The summed E-state index contributed by atoms with van der Waals surface area (Å²) in [6, 6.07) is -1.78.